The number of amides is 2. The van der Waals surface area contributed by atoms with E-state index in [1.165, 1.54) is 5.56 Å². The molecule has 1 fully saturated rings. The lowest BCUT2D eigenvalue weighted by molar-refractivity contribution is -0.120. The molecule has 3 rings (SSSR count). The molecular weight excluding hydrogens is 312 g/mol. The van der Waals surface area contributed by atoms with Crippen molar-refractivity contribution >= 4 is 17.5 Å². The topological polar surface area (TPSA) is 49.4 Å². The Kier molecular flexibility index (Phi) is 5.17. The van der Waals surface area contributed by atoms with Crippen LogP contribution < -0.4 is 10.2 Å². The number of carbonyl (C=O) groups excluding carboxylic acids is 2. The SMILES string of the molecule is Cc1ccc(CC(=O)NCc2cccc(N3CCCC3=O)c2)c(C)c1. The Balaban J connectivity index is 1.59. The van der Waals surface area contributed by atoms with Gasteiger partial charge in [0, 0.05) is 25.2 Å². The van der Waals surface area contributed by atoms with Crippen LogP contribution >= 0.6 is 0 Å². The second-order valence-electron chi connectivity index (χ2n) is 6.70. The highest BCUT2D eigenvalue weighted by Crippen LogP contribution is 2.22. The Morgan fingerprint density at radius 1 is 1.16 bits per heavy atom. The largest absolute Gasteiger partial charge is 0.352 e. The van der Waals surface area contributed by atoms with Gasteiger partial charge in [-0.15, -0.1) is 0 Å². The maximum absolute atomic E-state index is 12.2. The van der Waals surface area contributed by atoms with E-state index in [0.29, 0.717) is 19.4 Å². The molecule has 2 amide bonds. The molecule has 0 atom stereocenters. The van der Waals surface area contributed by atoms with Crippen LogP contribution in [0.2, 0.25) is 0 Å². The van der Waals surface area contributed by atoms with Gasteiger partial charge in [-0.1, -0.05) is 35.9 Å². The molecule has 1 saturated heterocycles. The highest BCUT2D eigenvalue weighted by Gasteiger charge is 2.21. The first-order valence-electron chi connectivity index (χ1n) is 8.75. The minimum Gasteiger partial charge on any atom is -0.352 e. The van der Waals surface area contributed by atoms with E-state index in [4.69, 9.17) is 0 Å². The normalized spacial score (nSPS) is 14.0. The van der Waals surface area contributed by atoms with Gasteiger partial charge in [-0.2, -0.15) is 0 Å². The third-order valence-corrected chi connectivity index (χ3v) is 4.63. The third-order valence-electron chi connectivity index (χ3n) is 4.63. The van der Waals surface area contributed by atoms with Gasteiger partial charge < -0.3 is 10.2 Å². The summed E-state index contributed by atoms with van der Waals surface area (Å²) in [7, 11) is 0. The van der Waals surface area contributed by atoms with Crippen molar-refractivity contribution in [3.05, 3.63) is 64.7 Å². The summed E-state index contributed by atoms with van der Waals surface area (Å²) >= 11 is 0. The van der Waals surface area contributed by atoms with Gasteiger partial charge >= 0.3 is 0 Å². The molecule has 0 radical (unpaired) electrons. The van der Waals surface area contributed by atoms with E-state index in [0.717, 1.165) is 35.3 Å². The van der Waals surface area contributed by atoms with Crippen LogP contribution in [0.3, 0.4) is 0 Å². The first-order valence-corrected chi connectivity index (χ1v) is 8.75. The molecule has 1 heterocycles. The van der Waals surface area contributed by atoms with Crippen molar-refractivity contribution < 1.29 is 9.59 Å². The summed E-state index contributed by atoms with van der Waals surface area (Å²) < 4.78 is 0. The number of aryl methyl sites for hydroxylation is 2. The highest BCUT2D eigenvalue weighted by atomic mass is 16.2. The van der Waals surface area contributed by atoms with Crippen molar-refractivity contribution in [1.29, 1.82) is 0 Å². The maximum atomic E-state index is 12.2. The van der Waals surface area contributed by atoms with Gasteiger partial charge in [-0.3, -0.25) is 9.59 Å². The number of hydrogen-bond donors (Lipinski definition) is 1. The lowest BCUT2D eigenvalue weighted by Crippen LogP contribution is -2.26. The summed E-state index contributed by atoms with van der Waals surface area (Å²) in [5.41, 5.74) is 5.33. The fourth-order valence-electron chi connectivity index (χ4n) is 3.24. The lowest BCUT2D eigenvalue weighted by Gasteiger charge is -2.16. The van der Waals surface area contributed by atoms with E-state index >= 15 is 0 Å². The van der Waals surface area contributed by atoms with Crippen LogP contribution in [0.4, 0.5) is 5.69 Å². The summed E-state index contributed by atoms with van der Waals surface area (Å²) in [6, 6.07) is 14.0. The van der Waals surface area contributed by atoms with E-state index in [1.807, 2.05) is 48.2 Å². The third kappa shape index (κ3) is 4.27. The Bertz CT molecular complexity index is 798. The number of anilines is 1. The molecule has 0 aromatic heterocycles. The zero-order chi connectivity index (χ0) is 17.8. The fraction of sp³-hybridized carbons (Fsp3) is 0.333. The second kappa shape index (κ2) is 7.51. The molecule has 130 valence electrons. The van der Waals surface area contributed by atoms with Crippen LogP contribution in [0.25, 0.3) is 0 Å². The maximum Gasteiger partial charge on any atom is 0.227 e. The van der Waals surface area contributed by atoms with Gasteiger partial charge in [0.1, 0.15) is 0 Å². The van der Waals surface area contributed by atoms with E-state index < -0.39 is 0 Å². The molecule has 4 nitrogen and oxygen atoms in total. The van der Waals surface area contributed by atoms with E-state index in [9.17, 15) is 9.59 Å². The van der Waals surface area contributed by atoms with Crippen LogP contribution in [-0.2, 0) is 22.6 Å². The minimum absolute atomic E-state index is 0.00889. The van der Waals surface area contributed by atoms with Crippen LogP contribution in [0, 0.1) is 13.8 Å². The predicted molar refractivity (Wildman–Crippen MR) is 99.5 cm³/mol. The average Bonchev–Trinajstić information content (AvgIpc) is 3.02. The smallest absolute Gasteiger partial charge is 0.227 e. The molecule has 0 saturated carbocycles. The Morgan fingerprint density at radius 3 is 2.72 bits per heavy atom. The van der Waals surface area contributed by atoms with Crippen molar-refractivity contribution in [2.45, 2.75) is 39.7 Å². The summed E-state index contributed by atoms with van der Waals surface area (Å²) in [5, 5.41) is 2.98. The Labute approximate surface area is 148 Å². The first-order chi connectivity index (χ1) is 12.0. The van der Waals surface area contributed by atoms with Gasteiger partial charge in [0.05, 0.1) is 6.42 Å². The van der Waals surface area contributed by atoms with Gasteiger partial charge in [0.25, 0.3) is 0 Å². The molecule has 25 heavy (non-hydrogen) atoms. The number of rotatable bonds is 5. The molecule has 1 N–H and O–H groups in total. The van der Waals surface area contributed by atoms with Crippen LogP contribution in [-0.4, -0.2) is 18.4 Å². The molecule has 0 bridgehead atoms. The van der Waals surface area contributed by atoms with Crippen molar-refractivity contribution in [2.24, 2.45) is 0 Å². The van der Waals surface area contributed by atoms with Gasteiger partial charge in [0.2, 0.25) is 11.8 Å². The van der Waals surface area contributed by atoms with Crippen molar-refractivity contribution in [3.63, 3.8) is 0 Å². The number of nitrogens with one attached hydrogen (secondary N) is 1. The van der Waals surface area contributed by atoms with Gasteiger partial charge in [-0.25, -0.2) is 0 Å². The Hall–Kier alpha value is -2.62. The lowest BCUT2D eigenvalue weighted by atomic mass is 10.0. The fourth-order valence-corrected chi connectivity index (χ4v) is 3.24. The van der Waals surface area contributed by atoms with E-state index in [1.54, 1.807) is 0 Å². The molecule has 1 aliphatic rings. The molecule has 4 heteroatoms. The molecular formula is C21H24N2O2. The number of nitrogens with zero attached hydrogens (tertiary/aromatic N) is 1. The quantitative estimate of drug-likeness (QED) is 0.911. The predicted octanol–water partition coefficient (Wildman–Crippen LogP) is 3.29. The zero-order valence-electron chi connectivity index (χ0n) is 14.8. The average molecular weight is 336 g/mol. The number of carbonyl (C=O) groups is 2. The van der Waals surface area contributed by atoms with Crippen molar-refractivity contribution in [3.8, 4) is 0 Å². The Morgan fingerprint density at radius 2 is 2.00 bits per heavy atom. The number of hydrogen-bond acceptors (Lipinski definition) is 2. The van der Waals surface area contributed by atoms with E-state index in [2.05, 4.69) is 18.3 Å². The van der Waals surface area contributed by atoms with Gasteiger partial charge in [-0.05, 0) is 49.1 Å². The summed E-state index contributed by atoms with van der Waals surface area (Å²) in [6.07, 6.45) is 1.92. The van der Waals surface area contributed by atoms with Crippen LogP contribution in [0.15, 0.2) is 42.5 Å². The van der Waals surface area contributed by atoms with Crippen LogP contribution in [0.1, 0.15) is 35.1 Å². The minimum atomic E-state index is 0.00889. The summed E-state index contributed by atoms with van der Waals surface area (Å²) in [4.78, 5) is 25.9. The molecule has 0 aliphatic carbocycles. The zero-order valence-corrected chi connectivity index (χ0v) is 14.8. The standard InChI is InChI=1S/C21H24N2O2/c1-15-8-9-18(16(2)11-15)13-20(24)22-14-17-5-3-6-19(12-17)23-10-4-7-21(23)25/h3,5-6,8-9,11-12H,4,7,10,13-14H2,1-2H3,(H,22,24). The second-order valence-corrected chi connectivity index (χ2v) is 6.70. The van der Waals surface area contributed by atoms with E-state index in [-0.39, 0.29) is 11.8 Å². The van der Waals surface area contributed by atoms with Crippen molar-refractivity contribution in [1.82, 2.24) is 5.32 Å². The molecule has 0 spiro atoms. The summed E-state index contributed by atoms with van der Waals surface area (Å²) in [6.45, 7) is 5.34. The van der Waals surface area contributed by atoms with Crippen molar-refractivity contribution in [2.75, 3.05) is 11.4 Å². The van der Waals surface area contributed by atoms with Gasteiger partial charge in [0.15, 0.2) is 0 Å². The summed E-state index contributed by atoms with van der Waals surface area (Å²) in [5.74, 6) is 0.186. The number of benzene rings is 2. The highest BCUT2D eigenvalue weighted by molar-refractivity contribution is 5.95. The first kappa shape index (κ1) is 17.2. The molecule has 0 unspecified atom stereocenters. The van der Waals surface area contributed by atoms with Crippen LogP contribution in [0.5, 0.6) is 0 Å². The molecule has 2 aromatic rings. The monoisotopic (exact) mass is 336 g/mol. The molecule has 1 aliphatic heterocycles. The molecule has 2 aromatic carbocycles.